The van der Waals surface area contributed by atoms with Crippen molar-refractivity contribution in [3.8, 4) is 29.6 Å². The van der Waals surface area contributed by atoms with E-state index in [1.165, 1.54) is 5.56 Å². The van der Waals surface area contributed by atoms with Crippen molar-refractivity contribution in [1.29, 1.82) is 15.8 Å². The van der Waals surface area contributed by atoms with Crippen LogP contribution in [0.1, 0.15) is 53.5 Å². The number of hydrogen-bond acceptors (Lipinski definition) is 3. The molecule has 2 unspecified atom stereocenters. The molecule has 0 amide bonds. The Labute approximate surface area is 295 Å². The molecule has 1 aliphatic rings. The van der Waals surface area contributed by atoms with Crippen molar-refractivity contribution in [1.82, 2.24) is 9.13 Å². The Morgan fingerprint density at radius 3 is 1.76 bits per heavy atom. The van der Waals surface area contributed by atoms with E-state index in [-0.39, 0.29) is 11.3 Å². The Morgan fingerprint density at radius 2 is 1.18 bits per heavy atom. The van der Waals surface area contributed by atoms with Gasteiger partial charge in [0, 0.05) is 38.6 Å². The second kappa shape index (κ2) is 11.6. The summed E-state index contributed by atoms with van der Waals surface area (Å²) in [6.45, 7) is 2.29. The lowest BCUT2D eigenvalue weighted by Crippen LogP contribution is -2.24. The van der Waals surface area contributed by atoms with Crippen LogP contribution in [0.4, 0.5) is 0 Å². The first-order valence-corrected chi connectivity index (χ1v) is 17.2. The summed E-state index contributed by atoms with van der Waals surface area (Å²) in [5.41, 5.74) is 9.89. The van der Waals surface area contributed by atoms with Crippen LogP contribution in [-0.4, -0.2) is 9.13 Å². The fourth-order valence-electron chi connectivity index (χ4n) is 8.28. The number of fused-ring (bicyclic) bond motifs is 6. The number of rotatable bonds is 4. The molecule has 9 rings (SSSR count). The third-order valence-corrected chi connectivity index (χ3v) is 10.8. The van der Waals surface area contributed by atoms with Crippen LogP contribution in [0.5, 0.6) is 0 Å². The van der Waals surface area contributed by atoms with Gasteiger partial charge in [-0.1, -0.05) is 85.8 Å². The monoisotopic (exact) mass is 653 g/mol. The van der Waals surface area contributed by atoms with Crippen molar-refractivity contribution in [2.24, 2.45) is 0 Å². The van der Waals surface area contributed by atoms with Gasteiger partial charge in [0.25, 0.3) is 0 Å². The highest BCUT2D eigenvalue weighted by Gasteiger charge is 2.31. The molecule has 5 heteroatoms. The van der Waals surface area contributed by atoms with E-state index < -0.39 is 0 Å². The second-order valence-electron chi connectivity index (χ2n) is 13.7. The number of aromatic nitrogens is 2. The molecular weight excluding hydrogens is 623 g/mol. The van der Waals surface area contributed by atoms with Crippen LogP contribution in [0.15, 0.2) is 140 Å². The van der Waals surface area contributed by atoms with Crippen molar-refractivity contribution >= 4 is 43.6 Å². The summed E-state index contributed by atoms with van der Waals surface area (Å²) in [5, 5.41) is 34.5. The lowest BCUT2D eigenvalue weighted by molar-refractivity contribution is 0.471. The summed E-state index contributed by atoms with van der Waals surface area (Å²) in [4.78, 5) is 0. The zero-order valence-electron chi connectivity index (χ0n) is 28.0. The fraction of sp³-hybridized carbons (Fsp3) is 0.109. The zero-order valence-corrected chi connectivity index (χ0v) is 28.0. The van der Waals surface area contributed by atoms with Crippen LogP contribution in [0, 0.1) is 34.0 Å². The Bertz CT molecular complexity index is 2810. The molecule has 0 saturated carbocycles. The third kappa shape index (κ3) is 4.66. The minimum atomic E-state index is -0.185. The Kier molecular flexibility index (Phi) is 6.89. The molecule has 8 aromatic rings. The Balaban J connectivity index is 1.12. The summed E-state index contributed by atoms with van der Waals surface area (Å²) in [6, 6.07) is 50.5. The van der Waals surface area contributed by atoms with E-state index in [1.807, 2.05) is 42.5 Å². The predicted octanol–water partition coefficient (Wildman–Crippen LogP) is 10.9. The number of para-hydroxylation sites is 3. The molecule has 0 N–H and O–H groups in total. The molecule has 2 atom stereocenters. The number of nitrogens with zero attached hydrogens (tertiary/aromatic N) is 5. The third-order valence-electron chi connectivity index (χ3n) is 10.8. The maximum atomic E-state index is 10.5. The Morgan fingerprint density at radius 1 is 0.588 bits per heavy atom. The fourth-order valence-corrected chi connectivity index (χ4v) is 8.28. The van der Waals surface area contributed by atoms with Gasteiger partial charge in [0.1, 0.15) is 6.07 Å². The molecule has 0 fully saturated rings. The number of nitriles is 3. The number of benzene rings is 6. The first kappa shape index (κ1) is 30.2. The lowest BCUT2D eigenvalue weighted by Gasteiger charge is -2.34. The van der Waals surface area contributed by atoms with Gasteiger partial charge in [-0.2, -0.15) is 15.8 Å². The zero-order chi connectivity index (χ0) is 34.7. The molecule has 0 bridgehead atoms. The number of hydrogen-bond donors (Lipinski definition) is 0. The second-order valence-corrected chi connectivity index (χ2v) is 13.7. The molecule has 0 spiro atoms. The summed E-state index contributed by atoms with van der Waals surface area (Å²) in [7, 11) is 0. The van der Waals surface area contributed by atoms with Gasteiger partial charge in [-0.05, 0) is 84.6 Å². The molecule has 2 heterocycles. The van der Waals surface area contributed by atoms with E-state index in [4.69, 9.17) is 0 Å². The van der Waals surface area contributed by atoms with E-state index in [0.717, 1.165) is 73.4 Å². The van der Waals surface area contributed by atoms with Gasteiger partial charge in [-0.3, -0.25) is 0 Å². The molecule has 5 nitrogen and oxygen atoms in total. The lowest BCUT2D eigenvalue weighted by atomic mass is 9.71. The average molecular weight is 654 g/mol. The first-order chi connectivity index (χ1) is 25.0. The van der Waals surface area contributed by atoms with Crippen LogP contribution in [0.2, 0.25) is 0 Å². The van der Waals surface area contributed by atoms with Gasteiger partial charge >= 0.3 is 0 Å². The maximum absolute atomic E-state index is 10.5. The van der Waals surface area contributed by atoms with Gasteiger partial charge in [0.15, 0.2) is 0 Å². The molecule has 0 radical (unpaired) electrons. The minimum absolute atomic E-state index is 0.0311. The molecule has 1 aliphatic carbocycles. The van der Waals surface area contributed by atoms with Crippen molar-refractivity contribution < 1.29 is 0 Å². The summed E-state index contributed by atoms with van der Waals surface area (Å²) < 4.78 is 4.49. The summed E-state index contributed by atoms with van der Waals surface area (Å²) in [5.74, 6) is 0.0311. The molecule has 0 aliphatic heterocycles. The highest BCUT2D eigenvalue weighted by atomic mass is 15.0. The van der Waals surface area contributed by atoms with E-state index in [1.54, 1.807) is 6.07 Å². The van der Waals surface area contributed by atoms with Gasteiger partial charge in [-0.15, -0.1) is 0 Å². The number of allylic oxidation sites excluding steroid dienone is 2. The topological polar surface area (TPSA) is 81.2 Å². The standard InChI is InChI=1S/C46H31N5/c1-46(34-15-17-35(18-16-34)50-41-11-5-4-10-38(41)40-25-30(27-47)14-19-44(40)50)22-20-32(21-23-46)39-26-31(28-48)24-33(29-49)45(39)51-42-12-6-2-8-36(42)37-9-3-7-13-43(37)51/h2-20,22,24-26,32H,21,23H2,1H3. The summed E-state index contributed by atoms with van der Waals surface area (Å²) >= 11 is 0. The Hall–Kier alpha value is -6.87. The largest absolute Gasteiger partial charge is 0.309 e. The van der Waals surface area contributed by atoms with Crippen LogP contribution < -0.4 is 0 Å². The van der Waals surface area contributed by atoms with Crippen molar-refractivity contribution in [3.63, 3.8) is 0 Å². The quantitative estimate of drug-likeness (QED) is 0.177. The first-order valence-electron chi connectivity index (χ1n) is 17.2. The van der Waals surface area contributed by atoms with Crippen LogP contribution in [0.3, 0.4) is 0 Å². The highest BCUT2D eigenvalue weighted by Crippen LogP contribution is 2.44. The summed E-state index contributed by atoms with van der Waals surface area (Å²) in [6.07, 6.45) is 6.38. The maximum Gasteiger partial charge on any atom is 0.101 e. The average Bonchev–Trinajstić information content (AvgIpc) is 3.70. The predicted molar refractivity (Wildman–Crippen MR) is 204 cm³/mol. The van der Waals surface area contributed by atoms with Crippen molar-refractivity contribution in [2.75, 3.05) is 0 Å². The van der Waals surface area contributed by atoms with Crippen LogP contribution in [0.25, 0.3) is 55.0 Å². The minimum Gasteiger partial charge on any atom is -0.309 e. The van der Waals surface area contributed by atoms with E-state index >= 15 is 0 Å². The molecular formula is C46H31N5. The van der Waals surface area contributed by atoms with Crippen molar-refractivity contribution in [3.05, 3.63) is 167 Å². The molecule has 6 aromatic carbocycles. The molecule has 240 valence electrons. The molecule has 0 saturated heterocycles. The molecule has 51 heavy (non-hydrogen) atoms. The van der Waals surface area contributed by atoms with Gasteiger partial charge in [0.05, 0.1) is 56.6 Å². The van der Waals surface area contributed by atoms with Gasteiger partial charge in [0.2, 0.25) is 0 Å². The van der Waals surface area contributed by atoms with Crippen LogP contribution in [-0.2, 0) is 5.41 Å². The van der Waals surface area contributed by atoms with Crippen molar-refractivity contribution in [2.45, 2.75) is 31.1 Å². The smallest absolute Gasteiger partial charge is 0.101 e. The van der Waals surface area contributed by atoms with E-state index in [2.05, 4.69) is 125 Å². The highest BCUT2D eigenvalue weighted by molar-refractivity contribution is 6.10. The normalized spacial score (nSPS) is 17.1. The van der Waals surface area contributed by atoms with E-state index in [9.17, 15) is 15.8 Å². The van der Waals surface area contributed by atoms with Gasteiger partial charge in [-0.25, -0.2) is 0 Å². The SMILES string of the molecule is CC1(c2ccc(-n3c4ccccc4c4cc(C#N)ccc43)cc2)C=CC(c2cc(C#N)cc(C#N)c2-n2c3ccccc3c3ccccc32)CC1. The molecule has 2 aromatic heterocycles. The van der Waals surface area contributed by atoms with E-state index in [0.29, 0.717) is 16.7 Å². The van der Waals surface area contributed by atoms with Crippen LogP contribution >= 0.6 is 0 Å². The van der Waals surface area contributed by atoms with Gasteiger partial charge < -0.3 is 9.13 Å².